The molecule has 2 aromatic carbocycles. The van der Waals surface area contributed by atoms with Gasteiger partial charge in [-0.25, -0.2) is 0 Å². The summed E-state index contributed by atoms with van der Waals surface area (Å²) in [5, 5.41) is 0.817. The molecule has 2 N–H and O–H groups in total. The smallest absolute Gasteiger partial charge is 0.286 e. The first-order valence-electron chi connectivity index (χ1n) is 9.04. The van der Waals surface area contributed by atoms with Crippen LogP contribution in [0.25, 0.3) is 5.57 Å². The van der Waals surface area contributed by atoms with Gasteiger partial charge in [0.15, 0.2) is 5.17 Å². The Labute approximate surface area is 163 Å². The van der Waals surface area contributed by atoms with Crippen LogP contribution in [0.5, 0.6) is 0 Å². The van der Waals surface area contributed by atoms with E-state index in [4.69, 9.17) is 5.73 Å². The second kappa shape index (κ2) is 7.48. The molecule has 0 spiro atoms. The number of allylic oxidation sites excluding steroid dienone is 1. The third-order valence-electron chi connectivity index (χ3n) is 4.94. The number of hydrogen-bond donors (Lipinski definition) is 1. The van der Waals surface area contributed by atoms with Crippen LogP contribution < -0.4 is 10.6 Å². The van der Waals surface area contributed by atoms with E-state index >= 15 is 0 Å². The summed E-state index contributed by atoms with van der Waals surface area (Å²) < 4.78 is 0. The zero-order valence-electron chi connectivity index (χ0n) is 15.3. The van der Waals surface area contributed by atoms with Crippen LogP contribution in [0.1, 0.15) is 12.5 Å². The van der Waals surface area contributed by atoms with Crippen molar-refractivity contribution in [1.82, 2.24) is 4.90 Å². The van der Waals surface area contributed by atoms with Gasteiger partial charge in [-0.1, -0.05) is 30.3 Å². The molecule has 0 atom stereocenters. The first-order chi connectivity index (χ1) is 13.1. The lowest BCUT2D eigenvalue weighted by atomic mass is 10.1. The number of nitrogen functional groups attached to an aromatic ring is 1. The van der Waals surface area contributed by atoms with Crippen molar-refractivity contribution in [2.45, 2.75) is 6.92 Å². The van der Waals surface area contributed by atoms with Gasteiger partial charge in [0.2, 0.25) is 0 Å². The minimum Gasteiger partial charge on any atom is -0.399 e. The number of carbonyl (C=O) groups is 1. The SMILES string of the molecule is C/C(=C1/SC(N2CCN(c3ccccc3)CC2)=NC1=O)c1ccc(N)cc1. The number of aliphatic imine (C=N–C) groups is 1. The number of nitrogens with zero attached hydrogens (tertiary/aromatic N) is 3. The van der Waals surface area contributed by atoms with Crippen LogP contribution in [0.2, 0.25) is 0 Å². The summed E-state index contributed by atoms with van der Waals surface area (Å²) in [6.07, 6.45) is 0. The van der Waals surface area contributed by atoms with Crippen molar-refractivity contribution in [3.05, 3.63) is 65.1 Å². The quantitative estimate of drug-likeness (QED) is 0.641. The molecule has 4 rings (SSSR count). The first-order valence-corrected chi connectivity index (χ1v) is 9.86. The molecule has 2 aromatic rings. The van der Waals surface area contributed by atoms with Gasteiger partial charge in [0.25, 0.3) is 5.91 Å². The molecule has 138 valence electrons. The highest BCUT2D eigenvalue weighted by molar-refractivity contribution is 8.18. The molecule has 1 amide bonds. The number of hydrogen-bond acceptors (Lipinski definition) is 5. The van der Waals surface area contributed by atoms with E-state index in [-0.39, 0.29) is 5.91 Å². The maximum absolute atomic E-state index is 12.5. The number of para-hydroxylation sites is 1. The second-order valence-electron chi connectivity index (χ2n) is 6.69. The lowest BCUT2D eigenvalue weighted by molar-refractivity contribution is -0.113. The molecule has 2 heterocycles. The molecule has 1 saturated heterocycles. The van der Waals surface area contributed by atoms with E-state index in [9.17, 15) is 4.79 Å². The van der Waals surface area contributed by atoms with E-state index in [0.29, 0.717) is 4.91 Å². The molecule has 1 fully saturated rings. The summed E-state index contributed by atoms with van der Waals surface area (Å²) in [5.74, 6) is -0.144. The van der Waals surface area contributed by atoms with E-state index in [2.05, 4.69) is 39.1 Å². The predicted octanol–water partition coefficient (Wildman–Crippen LogP) is 3.45. The topological polar surface area (TPSA) is 61.9 Å². The van der Waals surface area contributed by atoms with Crippen LogP contribution in [-0.2, 0) is 4.79 Å². The number of amidine groups is 1. The molecule has 0 aromatic heterocycles. The largest absolute Gasteiger partial charge is 0.399 e. The van der Waals surface area contributed by atoms with Crippen LogP contribution in [0.15, 0.2) is 64.5 Å². The summed E-state index contributed by atoms with van der Waals surface area (Å²) in [5.41, 5.74) is 9.68. The lowest BCUT2D eigenvalue weighted by Crippen LogP contribution is -2.47. The van der Waals surface area contributed by atoms with Gasteiger partial charge in [0.1, 0.15) is 0 Å². The Bertz CT molecular complexity index is 898. The molecule has 5 nitrogen and oxygen atoms in total. The van der Waals surface area contributed by atoms with E-state index in [0.717, 1.165) is 48.2 Å². The molecule has 27 heavy (non-hydrogen) atoms. The monoisotopic (exact) mass is 378 g/mol. The standard InChI is InChI=1S/C21H22N4OS/c1-15(16-7-9-17(22)10-8-16)19-20(26)23-21(27-19)25-13-11-24(12-14-25)18-5-3-2-4-6-18/h2-10H,11-14,22H2,1H3/b19-15-. The normalized spacial score (nSPS) is 19.3. The van der Waals surface area contributed by atoms with Crippen molar-refractivity contribution in [2.75, 3.05) is 36.8 Å². The summed E-state index contributed by atoms with van der Waals surface area (Å²) in [4.78, 5) is 22.1. The van der Waals surface area contributed by atoms with E-state index in [1.54, 1.807) is 0 Å². The summed E-state index contributed by atoms with van der Waals surface area (Å²) in [6.45, 7) is 5.55. The fourth-order valence-electron chi connectivity index (χ4n) is 3.33. The Morgan fingerprint density at radius 3 is 2.26 bits per heavy atom. The molecule has 0 aliphatic carbocycles. The molecular formula is C21H22N4OS. The van der Waals surface area contributed by atoms with Gasteiger partial charge >= 0.3 is 0 Å². The molecule has 6 heteroatoms. The number of amides is 1. The highest BCUT2D eigenvalue weighted by Gasteiger charge is 2.30. The van der Waals surface area contributed by atoms with Crippen molar-refractivity contribution in [3.8, 4) is 0 Å². The Balaban J connectivity index is 1.44. The molecule has 0 bridgehead atoms. The van der Waals surface area contributed by atoms with Crippen molar-refractivity contribution in [3.63, 3.8) is 0 Å². The van der Waals surface area contributed by atoms with E-state index < -0.39 is 0 Å². The molecule has 0 saturated carbocycles. The van der Waals surface area contributed by atoms with Crippen LogP contribution in [0.3, 0.4) is 0 Å². The van der Waals surface area contributed by atoms with Crippen LogP contribution >= 0.6 is 11.8 Å². The number of anilines is 2. The average molecular weight is 379 g/mol. The maximum Gasteiger partial charge on any atom is 0.286 e. The predicted molar refractivity (Wildman–Crippen MR) is 114 cm³/mol. The maximum atomic E-state index is 12.5. The van der Waals surface area contributed by atoms with Gasteiger partial charge in [0, 0.05) is 37.6 Å². The first kappa shape index (κ1) is 17.7. The molecule has 0 unspecified atom stereocenters. The third-order valence-corrected chi connectivity index (χ3v) is 6.16. The summed E-state index contributed by atoms with van der Waals surface area (Å²) in [6, 6.07) is 18.0. The number of rotatable bonds is 2. The van der Waals surface area contributed by atoms with Crippen molar-refractivity contribution in [2.24, 2.45) is 4.99 Å². The van der Waals surface area contributed by atoms with Crippen LogP contribution in [0.4, 0.5) is 11.4 Å². The van der Waals surface area contributed by atoms with E-state index in [1.165, 1.54) is 17.4 Å². The zero-order valence-corrected chi connectivity index (χ0v) is 16.1. The fraction of sp³-hybridized carbons (Fsp3) is 0.238. The van der Waals surface area contributed by atoms with Gasteiger partial charge in [-0.2, -0.15) is 4.99 Å². The van der Waals surface area contributed by atoms with Gasteiger partial charge in [-0.15, -0.1) is 0 Å². The molecular weight excluding hydrogens is 356 g/mol. The molecule has 2 aliphatic heterocycles. The van der Waals surface area contributed by atoms with Gasteiger partial charge in [-0.05, 0) is 54.1 Å². The Hall–Kier alpha value is -2.73. The Morgan fingerprint density at radius 2 is 1.59 bits per heavy atom. The fourth-order valence-corrected chi connectivity index (χ4v) is 4.35. The summed E-state index contributed by atoms with van der Waals surface area (Å²) in [7, 11) is 0. The minimum atomic E-state index is -0.144. The summed E-state index contributed by atoms with van der Waals surface area (Å²) >= 11 is 1.49. The van der Waals surface area contributed by atoms with Crippen molar-refractivity contribution >= 4 is 39.8 Å². The number of thioether (sulfide) groups is 1. The highest BCUT2D eigenvalue weighted by atomic mass is 32.2. The third kappa shape index (κ3) is 3.71. The number of carbonyl (C=O) groups excluding carboxylic acids is 1. The van der Waals surface area contributed by atoms with Crippen LogP contribution in [-0.4, -0.2) is 42.2 Å². The Morgan fingerprint density at radius 1 is 0.963 bits per heavy atom. The highest BCUT2D eigenvalue weighted by Crippen LogP contribution is 2.35. The van der Waals surface area contributed by atoms with Gasteiger partial charge in [-0.3, -0.25) is 4.79 Å². The zero-order chi connectivity index (χ0) is 18.8. The lowest BCUT2D eigenvalue weighted by Gasteiger charge is -2.36. The van der Waals surface area contributed by atoms with E-state index in [1.807, 2.05) is 37.3 Å². The minimum absolute atomic E-state index is 0.144. The average Bonchev–Trinajstić information content (AvgIpc) is 3.10. The molecule has 0 radical (unpaired) electrons. The molecule has 2 aliphatic rings. The van der Waals surface area contributed by atoms with Crippen molar-refractivity contribution < 1.29 is 4.79 Å². The van der Waals surface area contributed by atoms with Gasteiger partial charge < -0.3 is 15.5 Å². The number of benzene rings is 2. The number of nitrogens with two attached hydrogens (primary N) is 1. The Kier molecular flexibility index (Phi) is 4.90. The van der Waals surface area contributed by atoms with Gasteiger partial charge in [0.05, 0.1) is 4.91 Å². The van der Waals surface area contributed by atoms with Crippen LogP contribution in [0, 0.1) is 0 Å². The second-order valence-corrected chi connectivity index (χ2v) is 7.66. The number of piperazine rings is 1. The van der Waals surface area contributed by atoms with Crippen molar-refractivity contribution in [1.29, 1.82) is 0 Å².